The molecule has 2 nitrogen and oxygen atoms in total. The molecule has 0 saturated carbocycles. The van der Waals surface area contributed by atoms with Crippen molar-refractivity contribution < 1.29 is 4.74 Å². The van der Waals surface area contributed by atoms with Crippen molar-refractivity contribution >= 4 is 13.5 Å². The van der Waals surface area contributed by atoms with Crippen molar-refractivity contribution in [1.82, 2.24) is 0 Å². The van der Waals surface area contributed by atoms with Crippen molar-refractivity contribution in [2.75, 3.05) is 25.1 Å². The molecule has 0 atom stereocenters. The second-order valence-corrected chi connectivity index (χ2v) is 8.07. The van der Waals surface area contributed by atoms with Crippen LogP contribution in [0.15, 0.2) is 18.2 Å². The molecule has 0 aliphatic carbocycles. The van der Waals surface area contributed by atoms with Gasteiger partial charge in [0.2, 0.25) is 0 Å². The minimum atomic E-state index is 0.409. The van der Waals surface area contributed by atoms with E-state index in [1.54, 1.807) is 7.11 Å². The zero-order valence-corrected chi connectivity index (χ0v) is 15.4. The molecule has 126 valence electrons. The van der Waals surface area contributed by atoms with Gasteiger partial charge in [0.1, 0.15) is 5.75 Å². The van der Waals surface area contributed by atoms with Crippen molar-refractivity contribution in [2.24, 2.45) is 11.3 Å². The first-order valence-corrected chi connectivity index (χ1v) is 9.05. The molecular formula is C20H32BNO. The summed E-state index contributed by atoms with van der Waals surface area (Å²) in [7, 11) is 7.58. The predicted molar refractivity (Wildman–Crippen MR) is 101 cm³/mol. The molecule has 1 aromatic rings. The standard InChI is InChI=1S/C20H32BNO/c1-20(2,3)11-5-6-17-7-8-18(23-4)14-19(17)22-12-9-16(15-21)10-13-22/h7-8,14,16H,5-6,9-13,15H2,1-4H3. The van der Waals surface area contributed by atoms with Gasteiger partial charge >= 0.3 is 0 Å². The number of anilines is 1. The maximum atomic E-state index is 5.83. The Labute approximate surface area is 144 Å². The van der Waals surface area contributed by atoms with Gasteiger partial charge in [0, 0.05) is 24.8 Å². The summed E-state index contributed by atoms with van der Waals surface area (Å²) in [5.41, 5.74) is 3.24. The maximum absolute atomic E-state index is 5.83. The molecule has 1 fully saturated rings. The second-order valence-electron chi connectivity index (χ2n) is 8.07. The van der Waals surface area contributed by atoms with E-state index in [0.29, 0.717) is 11.3 Å². The Morgan fingerprint density at radius 1 is 1.22 bits per heavy atom. The van der Waals surface area contributed by atoms with Gasteiger partial charge < -0.3 is 9.64 Å². The molecule has 0 unspecified atom stereocenters. The SMILES string of the molecule is [B]CC1CCN(c2cc(OC)ccc2CCCC(C)(C)C)CC1. The average molecular weight is 313 g/mol. The minimum Gasteiger partial charge on any atom is -0.497 e. The molecule has 3 heteroatoms. The van der Waals surface area contributed by atoms with E-state index in [-0.39, 0.29) is 0 Å². The number of hydrogen-bond acceptors (Lipinski definition) is 2. The smallest absolute Gasteiger partial charge is 0.120 e. The van der Waals surface area contributed by atoms with Crippen molar-refractivity contribution in [2.45, 2.75) is 59.2 Å². The van der Waals surface area contributed by atoms with Crippen LogP contribution < -0.4 is 9.64 Å². The Kier molecular flexibility index (Phi) is 6.44. The largest absolute Gasteiger partial charge is 0.497 e. The Bertz CT molecular complexity index is 487. The van der Waals surface area contributed by atoms with Crippen LogP contribution in [0.25, 0.3) is 0 Å². The molecule has 2 radical (unpaired) electrons. The summed E-state index contributed by atoms with van der Waals surface area (Å²) in [6, 6.07) is 6.57. The number of nitrogens with zero attached hydrogens (tertiary/aromatic N) is 1. The number of methoxy groups -OCH3 is 1. The number of rotatable bonds is 6. The summed E-state index contributed by atoms with van der Waals surface area (Å²) in [6.45, 7) is 9.18. The van der Waals surface area contributed by atoms with E-state index in [9.17, 15) is 0 Å². The van der Waals surface area contributed by atoms with Gasteiger partial charge in [-0.15, -0.1) is 0 Å². The van der Waals surface area contributed by atoms with Crippen LogP contribution in [0.4, 0.5) is 5.69 Å². The second kappa shape index (κ2) is 8.12. The summed E-state index contributed by atoms with van der Waals surface area (Å²) in [5, 5.41) is 0. The summed E-state index contributed by atoms with van der Waals surface area (Å²) in [6.07, 6.45) is 6.87. The van der Waals surface area contributed by atoms with Crippen LogP contribution in [0.2, 0.25) is 6.32 Å². The van der Waals surface area contributed by atoms with Crippen molar-refractivity contribution in [3.8, 4) is 5.75 Å². The summed E-state index contributed by atoms with van der Waals surface area (Å²) < 4.78 is 5.46. The normalized spacial score (nSPS) is 16.6. The molecule has 2 rings (SSSR count). The van der Waals surface area contributed by atoms with Crippen LogP contribution >= 0.6 is 0 Å². The van der Waals surface area contributed by atoms with E-state index >= 15 is 0 Å². The van der Waals surface area contributed by atoms with E-state index in [1.807, 2.05) is 0 Å². The Hall–Kier alpha value is -1.12. The molecule has 0 bridgehead atoms. The summed E-state index contributed by atoms with van der Waals surface area (Å²) >= 11 is 0. The third kappa shape index (κ3) is 5.47. The van der Waals surface area contributed by atoms with Crippen molar-refractivity contribution in [3.63, 3.8) is 0 Å². The zero-order chi connectivity index (χ0) is 16.9. The number of aryl methyl sites for hydroxylation is 1. The Morgan fingerprint density at radius 3 is 2.48 bits per heavy atom. The monoisotopic (exact) mass is 313 g/mol. The number of ether oxygens (including phenoxy) is 1. The minimum absolute atomic E-state index is 0.409. The van der Waals surface area contributed by atoms with Gasteiger partial charge in [-0.25, -0.2) is 0 Å². The number of benzene rings is 1. The highest BCUT2D eigenvalue weighted by molar-refractivity contribution is 6.08. The molecular weight excluding hydrogens is 281 g/mol. The fraction of sp³-hybridized carbons (Fsp3) is 0.700. The fourth-order valence-electron chi connectivity index (χ4n) is 3.40. The van der Waals surface area contributed by atoms with E-state index in [4.69, 9.17) is 12.6 Å². The molecule has 23 heavy (non-hydrogen) atoms. The quantitative estimate of drug-likeness (QED) is 0.695. The first kappa shape index (κ1) is 18.2. The molecule has 0 aromatic heterocycles. The van der Waals surface area contributed by atoms with Gasteiger partial charge in [-0.3, -0.25) is 0 Å². The average Bonchev–Trinajstić information content (AvgIpc) is 2.54. The lowest BCUT2D eigenvalue weighted by molar-refractivity contribution is 0.365. The summed E-state index contributed by atoms with van der Waals surface area (Å²) in [5.74, 6) is 1.65. The maximum Gasteiger partial charge on any atom is 0.120 e. The van der Waals surface area contributed by atoms with Gasteiger partial charge in [0.25, 0.3) is 0 Å². The molecule has 1 aliphatic heterocycles. The Morgan fingerprint density at radius 2 is 1.91 bits per heavy atom. The third-order valence-corrected chi connectivity index (χ3v) is 4.95. The van der Waals surface area contributed by atoms with E-state index < -0.39 is 0 Å². The van der Waals surface area contributed by atoms with Crippen LogP contribution in [0, 0.1) is 11.3 Å². The number of piperidine rings is 1. The van der Waals surface area contributed by atoms with Crippen molar-refractivity contribution in [3.05, 3.63) is 23.8 Å². The van der Waals surface area contributed by atoms with Crippen molar-refractivity contribution in [1.29, 1.82) is 0 Å². The first-order chi connectivity index (χ1) is 10.9. The number of hydrogen-bond donors (Lipinski definition) is 0. The predicted octanol–water partition coefficient (Wildman–Crippen LogP) is 4.87. The van der Waals surface area contributed by atoms with E-state index in [1.165, 1.54) is 36.9 Å². The molecule has 0 amide bonds. The van der Waals surface area contributed by atoms with Crippen LogP contribution in [0.3, 0.4) is 0 Å². The lowest BCUT2D eigenvalue weighted by atomic mass is 9.84. The third-order valence-electron chi connectivity index (χ3n) is 4.95. The highest BCUT2D eigenvalue weighted by Gasteiger charge is 2.20. The van der Waals surface area contributed by atoms with Crippen LogP contribution in [0.1, 0.15) is 52.0 Å². The van der Waals surface area contributed by atoms with Gasteiger partial charge in [-0.1, -0.05) is 33.2 Å². The van der Waals surface area contributed by atoms with Gasteiger partial charge in [0.15, 0.2) is 0 Å². The topological polar surface area (TPSA) is 12.5 Å². The van der Waals surface area contributed by atoms with E-state index in [0.717, 1.165) is 31.6 Å². The lowest BCUT2D eigenvalue weighted by Crippen LogP contribution is -2.34. The fourth-order valence-corrected chi connectivity index (χ4v) is 3.40. The van der Waals surface area contributed by atoms with Crippen LogP contribution in [-0.2, 0) is 6.42 Å². The zero-order valence-electron chi connectivity index (χ0n) is 15.4. The molecule has 0 spiro atoms. The Balaban J connectivity index is 2.09. The first-order valence-electron chi connectivity index (χ1n) is 9.05. The molecule has 1 aliphatic rings. The van der Waals surface area contributed by atoms with Gasteiger partial charge in [-0.2, -0.15) is 0 Å². The van der Waals surface area contributed by atoms with E-state index in [2.05, 4.69) is 43.9 Å². The molecule has 0 N–H and O–H groups in total. The highest BCUT2D eigenvalue weighted by Crippen LogP contribution is 2.32. The van der Waals surface area contributed by atoms with Crippen LogP contribution in [0.5, 0.6) is 5.75 Å². The molecule has 1 aromatic carbocycles. The van der Waals surface area contributed by atoms with Gasteiger partial charge in [0.05, 0.1) is 15.0 Å². The van der Waals surface area contributed by atoms with Crippen LogP contribution in [-0.4, -0.2) is 28.0 Å². The molecule has 1 heterocycles. The summed E-state index contributed by atoms with van der Waals surface area (Å²) in [4.78, 5) is 2.53. The van der Waals surface area contributed by atoms with Gasteiger partial charge in [-0.05, 0) is 55.1 Å². The highest BCUT2D eigenvalue weighted by atomic mass is 16.5. The lowest BCUT2D eigenvalue weighted by Gasteiger charge is -2.35. The molecule has 1 saturated heterocycles.